The zero-order valence-electron chi connectivity index (χ0n) is 11.8. The van der Waals surface area contributed by atoms with Crippen molar-refractivity contribution in [1.82, 2.24) is 0 Å². The standard InChI is InChI=1S/C17H26O/c1-13(2)8-9-16-12-15(10-11-17(16)18)14-6-4-3-5-7-14/h10-14,18H,3-9H2,1-2H3. The quantitative estimate of drug-likeness (QED) is 0.790. The average molecular weight is 246 g/mol. The molecule has 0 unspecified atom stereocenters. The van der Waals surface area contributed by atoms with Crippen molar-refractivity contribution in [2.45, 2.75) is 64.7 Å². The Hall–Kier alpha value is -0.980. The number of aryl methyl sites for hydroxylation is 1. The van der Waals surface area contributed by atoms with E-state index in [-0.39, 0.29) is 0 Å². The normalized spacial score (nSPS) is 17.3. The Morgan fingerprint density at radius 2 is 1.89 bits per heavy atom. The van der Waals surface area contributed by atoms with Crippen LogP contribution in [0.3, 0.4) is 0 Å². The summed E-state index contributed by atoms with van der Waals surface area (Å²) in [4.78, 5) is 0. The minimum Gasteiger partial charge on any atom is -0.508 e. The lowest BCUT2D eigenvalue weighted by molar-refractivity contribution is 0.439. The van der Waals surface area contributed by atoms with E-state index in [1.54, 1.807) is 0 Å². The van der Waals surface area contributed by atoms with Crippen molar-refractivity contribution in [3.8, 4) is 5.75 Å². The zero-order chi connectivity index (χ0) is 13.0. The van der Waals surface area contributed by atoms with Crippen LogP contribution in [0.15, 0.2) is 18.2 Å². The Bertz CT molecular complexity index is 375. The number of benzene rings is 1. The van der Waals surface area contributed by atoms with Crippen molar-refractivity contribution < 1.29 is 5.11 Å². The topological polar surface area (TPSA) is 20.2 Å². The molecular weight excluding hydrogens is 220 g/mol. The van der Waals surface area contributed by atoms with Gasteiger partial charge in [-0.1, -0.05) is 45.2 Å². The summed E-state index contributed by atoms with van der Waals surface area (Å²) in [5.41, 5.74) is 2.60. The van der Waals surface area contributed by atoms with Gasteiger partial charge < -0.3 is 5.11 Å². The van der Waals surface area contributed by atoms with Gasteiger partial charge in [0.15, 0.2) is 0 Å². The fraction of sp³-hybridized carbons (Fsp3) is 0.647. The summed E-state index contributed by atoms with van der Waals surface area (Å²) in [6, 6.07) is 6.29. The highest BCUT2D eigenvalue weighted by molar-refractivity contribution is 5.37. The number of phenolic OH excluding ortho intramolecular Hbond substituents is 1. The van der Waals surface area contributed by atoms with E-state index in [4.69, 9.17) is 0 Å². The first-order chi connectivity index (χ1) is 8.66. The van der Waals surface area contributed by atoms with Crippen molar-refractivity contribution in [2.24, 2.45) is 5.92 Å². The molecule has 1 aliphatic carbocycles. The second kappa shape index (κ2) is 6.26. The summed E-state index contributed by atoms with van der Waals surface area (Å²) in [6.07, 6.45) is 8.95. The monoisotopic (exact) mass is 246 g/mol. The van der Waals surface area contributed by atoms with Gasteiger partial charge in [0.2, 0.25) is 0 Å². The van der Waals surface area contributed by atoms with E-state index in [0.717, 1.165) is 24.3 Å². The molecule has 1 saturated carbocycles. The first-order valence-electron chi connectivity index (χ1n) is 7.48. The Kier molecular flexibility index (Phi) is 4.68. The molecule has 1 aromatic rings. The smallest absolute Gasteiger partial charge is 0.118 e. The summed E-state index contributed by atoms with van der Waals surface area (Å²) in [6.45, 7) is 4.48. The van der Waals surface area contributed by atoms with Gasteiger partial charge in [0.05, 0.1) is 0 Å². The third kappa shape index (κ3) is 3.51. The summed E-state index contributed by atoms with van der Waals surface area (Å²) in [5.74, 6) is 1.91. The molecule has 1 N–H and O–H groups in total. The van der Waals surface area contributed by atoms with Gasteiger partial charge in [0, 0.05) is 0 Å². The van der Waals surface area contributed by atoms with E-state index < -0.39 is 0 Å². The van der Waals surface area contributed by atoms with Gasteiger partial charge >= 0.3 is 0 Å². The molecule has 1 heteroatoms. The number of hydrogen-bond donors (Lipinski definition) is 1. The maximum Gasteiger partial charge on any atom is 0.118 e. The molecule has 0 spiro atoms. The van der Waals surface area contributed by atoms with Gasteiger partial charge in [-0.2, -0.15) is 0 Å². The lowest BCUT2D eigenvalue weighted by Gasteiger charge is -2.22. The van der Waals surface area contributed by atoms with E-state index in [1.807, 2.05) is 6.07 Å². The summed E-state index contributed by atoms with van der Waals surface area (Å²) >= 11 is 0. The molecule has 0 radical (unpaired) electrons. The molecule has 1 fully saturated rings. The first-order valence-corrected chi connectivity index (χ1v) is 7.48. The highest BCUT2D eigenvalue weighted by atomic mass is 16.3. The number of aromatic hydroxyl groups is 1. The highest BCUT2D eigenvalue weighted by Gasteiger charge is 2.16. The molecule has 18 heavy (non-hydrogen) atoms. The highest BCUT2D eigenvalue weighted by Crippen LogP contribution is 2.34. The molecule has 1 aliphatic rings. The molecule has 2 rings (SSSR count). The van der Waals surface area contributed by atoms with Gasteiger partial charge in [-0.25, -0.2) is 0 Å². The van der Waals surface area contributed by atoms with Crippen molar-refractivity contribution in [3.05, 3.63) is 29.3 Å². The summed E-state index contributed by atoms with van der Waals surface area (Å²) in [7, 11) is 0. The molecule has 1 nitrogen and oxygen atoms in total. The van der Waals surface area contributed by atoms with Gasteiger partial charge in [0.25, 0.3) is 0 Å². The minimum absolute atomic E-state index is 0.482. The number of hydrogen-bond acceptors (Lipinski definition) is 1. The molecule has 0 saturated heterocycles. The molecule has 0 bridgehead atoms. The number of rotatable bonds is 4. The van der Waals surface area contributed by atoms with Crippen molar-refractivity contribution in [2.75, 3.05) is 0 Å². The van der Waals surface area contributed by atoms with E-state index in [9.17, 15) is 5.11 Å². The van der Waals surface area contributed by atoms with E-state index in [1.165, 1.54) is 37.7 Å². The fourth-order valence-electron chi connectivity index (χ4n) is 2.94. The van der Waals surface area contributed by atoms with Gasteiger partial charge in [-0.15, -0.1) is 0 Å². The summed E-state index contributed by atoms with van der Waals surface area (Å²) < 4.78 is 0. The second-order valence-electron chi connectivity index (χ2n) is 6.16. The van der Waals surface area contributed by atoms with Crippen molar-refractivity contribution >= 4 is 0 Å². The van der Waals surface area contributed by atoms with Crippen LogP contribution in [0.5, 0.6) is 5.75 Å². The lowest BCUT2D eigenvalue weighted by atomic mass is 9.83. The van der Waals surface area contributed by atoms with Crippen LogP contribution in [0.25, 0.3) is 0 Å². The van der Waals surface area contributed by atoms with Gasteiger partial charge in [0.1, 0.15) is 5.75 Å². The predicted molar refractivity (Wildman–Crippen MR) is 77.1 cm³/mol. The molecule has 0 atom stereocenters. The van der Waals surface area contributed by atoms with Crippen LogP contribution in [0.1, 0.15) is 69.4 Å². The van der Waals surface area contributed by atoms with Crippen LogP contribution in [0, 0.1) is 5.92 Å². The Morgan fingerprint density at radius 1 is 1.17 bits per heavy atom. The predicted octanol–water partition coefficient (Wildman–Crippen LogP) is 5.03. The molecule has 0 aliphatic heterocycles. The van der Waals surface area contributed by atoms with Crippen molar-refractivity contribution in [3.63, 3.8) is 0 Å². The number of phenols is 1. The summed E-state index contributed by atoms with van der Waals surface area (Å²) in [5, 5.41) is 9.95. The maximum atomic E-state index is 9.95. The second-order valence-corrected chi connectivity index (χ2v) is 6.16. The third-order valence-electron chi connectivity index (χ3n) is 4.17. The zero-order valence-corrected chi connectivity index (χ0v) is 11.8. The first kappa shape index (κ1) is 13.5. The Labute approximate surface area is 111 Å². The van der Waals surface area contributed by atoms with Crippen LogP contribution in [0.4, 0.5) is 0 Å². The van der Waals surface area contributed by atoms with E-state index in [2.05, 4.69) is 26.0 Å². The molecular formula is C17H26O. The van der Waals surface area contributed by atoms with Gasteiger partial charge in [-0.3, -0.25) is 0 Å². The molecule has 1 aromatic carbocycles. The molecule has 0 heterocycles. The fourth-order valence-corrected chi connectivity index (χ4v) is 2.94. The molecule has 0 aromatic heterocycles. The third-order valence-corrected chi connectivity index (χ3v) is 4.17. The van der Waals surface area contributed by atoms with Gasteiger partial charge in [-0.05, 0) is 54.7 Å². The van der Waals surface area contributed by atoms with Crippen LogP contribution < -0.4 is 0 Å². The van der Waals surface area contributed by atoms with Crippen LogP contribution >= 0.6 is 0 Å². The Balaban J connectivity index is 2.09. The van der Waals surface area contributed by atoms with Crippen LogP contribution in [-0.4, -0.2) is 5.11 Å². The SMILES string of the molecule is CC(C)CCc1cc(C2CCCCC2)ccc1O. The average Bonchev–Trinajstić information content (AvgIpc) is 2.38. The van der Waals surface area contributed by atoms with Crippen LogP contribution in [0.2, 0.25) is 0 Å². The van der Waals surface area contributed by atoms with Crippen LogP contribution in [-0.2, 0) is 6.42 Å². The largest absolute Gasteiger partial charge is 0.508 e. The Morgan fingerprint density at radius 3 is 2.56 bits per heavy atom. The molecule has 100 valence electrons. The van der Waals surface area contributed by atoms with Crippen molar-refractivity contribution in [1.29, 1.82) is 0 Å². The molecule has 0 amide bonds. The van der Waals surface area contributed by atoms with E-state index in [0.29, 0.717) is 11.7 Å². The maximum absolute atomic E-state index is 9.95. The van der Waals surface area contributed by atoms with E-state index >= 15 is 0 Å². The lowest BCUT2D eigenvalue weighted by Crippen LogP contribution is -2.05. The minimum atomic E-state index is 0.482.